The van der Waals surface area contributed by atoms with Crippen molar-refractivity contribution in [1.82, 2.24) is 16.0 Å². The number of hydrogen-bond acceptors (Lipinski definition) is 7. The van der Waals surface area contributed by atoms with Crippen LogP contribution in [0.25, 0.3) is 0 Å². The number of Topliss-reactive ketones (excluding diaryl/α,β-unsaturated/α-hetero) is 1. The fourth-order valence-corrected chi connectivity index (χ4v) is 4.67. The van der Waals surface area contributed by atoms with Crippen molar-refractivity contribution in [2.75, 3.05) is 19.8 Å². The van der Waals surface area contributed by atoms with Gasteiger partial charge in [0.25, 0.3) is 5.91 Å². The number of nitrogens with one attached hydrogen (secondary N) is 3. The number of ether oxygens (including phenoxy) is 2. The molecule has 0 bridgehead atoms. The van der Waals surface area contributed by atoms with Crippen molar-refractivity contribution in [3.63, 3.8) is 0 Å². The Morgan fingerprint density at radius 1 is 0.974 bits per heavy atom. The fraction of sp³-hybridized carbons (Fsp3) is 0.621. The van der Waals surface area contributed by atoms with E-state index >= 15 is 0 Å². The standard InChI is InChI=1S/C29H41N3O7/c1-3-39-24(33)17-30-27(36)25(34)23(19-38-18-21-12-8-5-9-13-21)31-26(35)22(16-20-10-6-4-7-11-20)32-28(37)29(2)14-15-29/h5,8-9,12-13,20,22-23H,3-4,6-7,10-11,14-19H2,1-2H3,(H,30,36)(H,31,35)(H,32,37)/t22-,23-/m0/s1. The minimum atomic E-state index is -1.30. The molecule has 39 heavy (non-hydrogen) atoms. The fourth-order valence-electron chi connectivity index (χ4n) is 4.67. The second-order valence-electron chi connectivity index (χ2n) is 10.7. The van der Waals surface area contributed by atoms with Gasteiger partial charge in [0.15, 0.2) is 0 Å². The molecule has 0 aromatic heterocycles. The van der Waals surface area contributed by atoms with Crippen LogP contribution in [0.4, 0.5) is 0 Å². The minimum absolute atomic E-state index is 0.141. The first-order valence-electron chi connectivity index (χ1n) is 13.9. The molecule has 2 saturated carbocycles. The maximum absolute atomic E-state index is 13.5. The van der Waals surface area contributed by atoms with Crippen LogP contribution in [0.1, 0.15) is 70.8 Å². The molecule has 3 rings (SSSR count). The Labute approximate surface area is 229 Å². The van der Waals surface area contributed by atoms with Gasteiger partial charge in [0.2, 0.25) is 17.6 Å². The highest BCUT2D eigenvalue weighted by molar-refractivity contribution is 6.38. The molecule has 2 atom stereocenters. The predicted molar refractivity (Wildman–Crippen MR) is 143 cm³/mol. The van der Waals surface area contributed by atoms with E-state index in [0.717, 1.165) is 50.5 Å². The molecule has 2 aliphatic rings. The maximum Gasteiger partial charge on any atom is 0.325 e. The van der Waals surface area contributed by atoms with Gasteiger partial charge in [-0.2, -0.15) is 0 Å². The quantitative estimate of drug-likeness (QED) is 0.228. The van der Waals surface area contributed by atoms with Crippen LogP contribution in [0.5, 0.6) is 0 Å². The molecular weight excluding hydrogens is 502 g/mol. The highest BCUT2D eigenvalue weighted by Crippen LogP contribution is 2.45. The Morgan fingerprint density at radius 3 is 2.31 bits per heavy atom. The van der Waals surface area contributed by atoms with Gasteiger partial charge in [0.05, 0.1) is 19.8 Å². The lowest BCUT2D eigenvalue weighted by Gasteiger charge is -2.28. The van der Waals surface area contributed by atoms with Crippen molar-refractivity contribution in [1.29, 1.82) is 0 Å². The van der Waals surface area contributed by atoms with E-state index in [1.54, 1.807) is 6.92 Å². The molecule has 0 aliphatic heterocycles. The molecule has 0 heterocycles. The van der Waals surface area contributed by atoms with E-state index in [4.69, 9.17) is 9.47 Å². The molecule has 10 heteroatoms. The third-order valence-corrected chi connectivity index (χ3v) is 7.42. The van der Waals surface area contributed by atoms with Crippen molar-refractivity contribution in [2.45, 2.75) is 83.9 Å². The summed E-state index contributed by atoms with van der Waals surface area (Å²) in [6, 6.07) is 7.16. The second kappa shape index (κ2) is 14.8. The van der Waals surface area contributed by atoms with Gasteiger partial charge in [0, 0.05) is 5.41 Å². The van der Waals surface area contributed by atoms with Gasteiger partial charge in [-0.1, -0.05) is 69.4 Å². The second-order valence-corrected chi connectivity index (χ2v) is 10.7. The number of ketones is 1. The summed E-state index contributed by atoms with van der Waals surface area (Å²) in [7, 11) is 0. The minimum Gasteiger partial charge on any atom is -0.465 e. The van der Waals surface area contributed by atoms with Gasteiger partial charge >= 0.3 is 5.97 Å². The molecule has 1 aromatic carbocycles. The molecular formula is C29H41N3O7. The Kier molecular flexibility index (Phi) is 11.5. The van der Waals surface area contributed by atoms with E-state index in [9.17, 15) is 24.0 Å². The molecule has 10 nitrogen and oxygen atoms in total. The molecule has 0 unspecified atom stereocenters. The molecule has 2 aliphatic carbocycles. The molecule has 0 radical (unpaired) electrons. The Morgan fingerprint density at radius 2 is 1.67 bits per heavy atom. The van der Waals surface area contributed by atoms with Crippen LogP contribution >= 0.6 is 0 Å². The first kappa shape index (κ1) is 30.3. The van der Waals surface area contributed by atoms with E-state index in [1.807, 2.05) is 37.3 Å². The smallest absolute Gasteiger partial charge is 0.325 e. The number of amides is 3. The van der Waals surface area contributed by atoms with Crippen LogP contribution in [0.15, 0.2) is 30.3 Å². The average Bonchev–Trinajstić information content (AvgIpc) is 3.70. The lowest BCUT2D eigenvalue weighted by atomic mass is 9.84. The molecule has 1 aromatic rings. The summed E-state index contributed by atoms with van der Waals surface area (Å²) in [5.41, 5.74) is 0.397. The van der Waals surface area contributed by atoms with Gasteiger partial charge in [-0.15, -0.1) is 0 Å². The first-order valence-corrected chi connectivity index (χ1v) is 13.9. The monoisotopic (exact) mass is 543 g/mol. The predicted octanol–water partition coefficient (Wildman–Crippen LogP) is 2.19. The van der Waals surface area contributed by atoms with Crippen LogP contribution in [0, 0.1) is 11.3 Å². The van der Waals surface area contributed by atoms with E-state index in [0.29, 0.717) is 6.42 Å². The maximum atomic E-state index is 13.5. The Balaban J connectivity index is 1.69. The largest absolute Gasteiger partial charge is 0.465 e. The third kappa shape index (κ3) is 9.76. The summed E-state index contributed by atoms with van der Waals surface area (Å²) in [4.78, 5) is 63.6. The number of carbonyl (C=O) groups excluding carboxylic acids is 5. The van der Waals surface area contributed by atoms with E-state index in [1.165, 1.54) is 0 Å². The van der Waals surface area contributed by atoms with E-state index < -0.39 is 47.6 Å². The lowest BCUT2D eigenvalue weighted by molar-refractivity contribution is -0.146. The zero-order valence-electron chi connectivity index (χ0n) is 23.0. The molecule has 0 spiro atoms. The number of hydrogen-bond donors (Lipinski definition) is 3. The number of rotatable bonds is 15. The summed E-state index contributed by atoms with van der Waals surface area (Å²) < 4.78 is 10.5. The van der Waals surface area contributed by atoms with Crippen LogP contribution in [0.3, 0.4) is 0 Å². The molecule has 2 fully saturated rings. The number of esters is 1. The van der Waals surface area contributed by atoms with Crippen LogP contribution in [-0.4, -0.2) is 61.3 Å². The summed E-state index contributed by atoms with van der Waals surface area (Å²) in [6.07, 6.45) is 7.30. The number of carbonyl (C=O) groups is 5. The summed E-state index contributed by atoms with van der Waals surface area (Å²) in [5.74, 6) is -3.07. The molecule has 214 valence electrons. The van der Waals surface area contributed by atoms with Gasteiger partial charge in [-0.3, -0.25) is 24.0 Å². The topological polar surface area (TPSA) is 140 Å². The zero-order chi connectivity index (χ0) is 28.3. The van der Waals surface area contributed by atoms with Crippen LogP contribution in [0.2, 0.25) is 0 Å². The molecule has 3 amide bonds. The zero-order valence-corrected chi connectivity index (χ0v) is 23.0. The van der Waals surface area contributed by atoms with Gasteiger partial charge < -0.3 is 25.4 Å². The SMILES string of the molecule is CCOC(=O)CNC(=O)C(=O)[C@H](COCc1ccccc1)NC(=O)[C@H](CC1CCCCC1)NC(=O)C1(C)CC1. The van der Waals surface area contributed by atoms with Crippen LogP contribution in [-0.2, 0) is 40.1 Å². The van der Waals surface area contributed by atoms with E-state index in [2.05, 4.69) is 16.0 Å². The summed E-state index contributed by atoms with van der Waals surface area (Å²) >= 11 is 0. The van der Waals surface area contributed by atoms with Crippen molar-refractivity contribution >= 4 is 29.5 Å². The van der Waals surface area contributed by atoms with Crippen molar-refractivity contribution < 1.29 is 33.4 Å². The normalized spacial score (nSPS) is 17.8. The number of benzene rings is 1. The highest BCUT2D eigenvalue weighted by atomic mass is 16.5. The van der Waals surface area contributed by atoms with Gasteiger partial charge in [0.1, 0.15) is 18.6 Å². The lowest BCUT2D eigenvalue weighted by Crippen LogP contribution is -2.56. The Bertz CT molecular complexity index is 1000. The summed E-state index contributed by atoms with van der Waals surface area (Å²) in [6.45, 7) is 3.09. The van der Waals surface area contributed by atoms with Crippen molar-refractivity contribution in [3.05, 3.63) is 35.9 Å². The van der Waals surface area contributed by atoms with Gasteiger partial charge in [-0.05, 0) is 37.7 Å². The van der Waals surface area contributed by atoms with Crippen molar-refractivity contribution in [2.24, 2.45) is 11.3 Å². The van der Waals surface area contributed by atoms with Crippen LogP contribution < -0.4 is 16.0 Å². The van der Waals surface area contributed by atoms with Gasteiger partial charge in [-0.25, -0.2) is 0 Å². The average molecular weight is 544 g/mol. The van der Waals surface area contributed by atoms with E-state index in [-0.39, 0.29) is 31.6 Å². The highest BCUT2D eigenvalue weighted by Gasteiger charge is 2.46. The summed E-state index contributed by atoms with van der Waals surface area (Å²) in [5, 5.41) is 7.81. The first-order chi connectivity index (χ1) is 18.7. The van der Waals surface area contributed by atoms with Crippen molar-refractivity contribution in [3.8, 4) is 0 Å². The molecule has 0 saturated heterocycles. The Hall–Kier alpha value is -3.27. The third-order valence-electron chi connectivity index (χ3n) is 7.42. The molecule has 3 N–H and O–H groups in total.